The van der Waals surface area contributed by atoms with Gasteiger partial charge in [0.2, 0.25) is 5.91 Å². The molecule has 1 amide bonds. The Morgan fingerprint density at radius 1 is 1.21 bits per heavy atom. The Labute approximate surface area is 194 Å². The number of amides is 1. The monoisotopic (exact) mass is 444 g/mol. The van der Waals surface area contributed by atoms with E-state index >= 15 is 0 Å². The predicted octanol–water partition coefficient (Wildman–Crippen LogP) is 3.42. The lowest BCUT2D eigenvalue weighted by molar-refractivity contribution is -0.137. The summed E-state index contributed by atoms with van der Waals surface area (Å²) in [7, 11) is 1.75. The van der Waals surface area contributed by atoms with Crippen molar-refractivity contribution in [3.8, 4) is 0 Å². The molecule has 1 saturated carbocycles. The smallest absolute Gasteiger partial charge is 0.225 e. The molecule has 33 heavy (non-hydrogen) atoms. The second kappa shape index (κ2) is 9.35. The van der Waals surface area contributed by atoms with Crippen LogP contribution >= 0.6 is 0 Å². The van der Waals surface area contributed by atoms with E-state index in [0.29, 0.717) is 11.8 Å². The van der Waals surface area contributed by atoms with E-state index in [1.54, 1.807) is 19.5 Å². The van der Waals surface area contributed by atoms with Gasteiger partial charge < -0.3 is 20.9 Å². The third kappa shape index (κ3) is 4.13. The Morgan fingerprint density at radius 3 is 2.73 bits per heavy atom. The van der Waals surface area contributed by atoms with E-state index < -0.39 is 0 Å². The number of aliphatic imine (C=N–C) groups is 1. The summed E-state index contributed by atoms with van der Waals surface area (Å²) in [6, 6.07) is 6.36. The maximum Gasteiger partial charge on any atom is 0.225 e. The summed E-state index contributed by atoms with van der Waals surface area (Å²) >= 11 is 0. The number of carbonyl (C=O) groups is 1. The van der Waals surface area contributed by atoms with Gasteiger partial charge in [0.15, 0.2) is 0 Å². The number of pyridine rings is 1. The van der Waals surface area contributed by atoms with Crippen LogP contribution in [0.25, 0.3) is 27.4 Å². The minimum Gasteiger partial charge on any atom is -0.404 e. The van der Waals surface area contributed by atoms with Crippen molar-refractivity contribution in [2.24, 2.45) is 16.6 Å². The molecule has 4 N–H and O–H groups in total. The Kier molecular flexibility index (Phi) is 6.13. The highest BCUT2D eigenvalue weighted by atomic mass is 16.2. The molecular weight excluding hydrogens is 412 g/mol. The molecule has 3 heterocycles. The predicted molar refractivity (Wildman–Crippen MR) is 134 cm³/mol. The minimum absolute atomic E-state index is 0.164. The largest absolute Gasteiger partial charge is 0.404 e. The van der Waals surface area contributed by atoms with E-state index in [9.17, 15) is 4.79 Å². The quantitative estimate of drug-likeness (QED) is 0.537. The number of aromatic amines is 1. The molecule has 0 unspecified atom stereocenters. The highest BCUT2D eigenvalue weighted by Crippen LogP contribution is 2.41. The SMILES string of the molecule is CN=C/C(=C\N)c1ccc2cnc3[nH]cc(C4CCC(C(=O)N5CCNCC5)CC4)c3c2c1. The second-order valence-corrected chi connectivity index (χ2v) is 9.16. The Balaban J connectivity index is 1.43. The van der Waals surface area contributed by atoms with Gasteiger partial charge in [-0.3, -0.25) is 9.79 Å². The molecule has 0 atom stereocenters. The topological polar surface area (TPSA) is 99.4 Å². The molecule has 1 aliphatic heterocycles. The number of aromatic nitrogens is 2. The number of piperazine rings is 1. The average molecular weight is 445 g/mol. The van der Waals surface area contributed by atoms with Gasteiger partial charge in [-0.2, -0.15) is 0 Å². The summed E-state index contributed by atoms with van der Waals surface area (Å²) in [6.45, 7) is 3.49. The maximum absolute atomic E-state index is 13.0. The number of nitrogens with zero attached hydrogens (tertiary/aromatic N) is 3. The van der Waals surface area contributed by atoms with Crippen LogP contribution in [-0.4, -0.2) is 60.2 Å². The molecule has 1 saturated heterocycles. The summed E-state index contributed by atoms with van der Waals surface area (Å²) < 4.78 is 0. The van der Waals surface area contributed by atoms with Crippen LogP contribution in [0, 0.1) is 5.92 Å². The number of nitrogens with one attached hydrogen (secondary N) is 2. The number of H-pyrrole nitrogens is 1. The molecule has 7 nitrogen and oxygen atoms in total. The number of rotatable bonds is 4. The third-order valence-corrected chi connectivity index (χ3v) is 7.27. The maximum atomic E-state index is 13.0. The molecule has 5 rings (SSSR count). The molecule has 0 bridgehead atoms. The highest BCUT2D eigenvalue weighted by molar-refractivity contribution is 6.13. The fourth-order valence-corrected chi connectivity index (χ4v) is 5.48. The highest BCUT2D eigenvalue weighted by Gasteiger charge is 2.31. The molecule has 7 heteroatoms. The second-order valence-electron chi connectivity index (χ2n) is 9.16. The van der Waals surface area contributed by atoms with E-state index in [1.807, 2.05) is 11.1 Å². The minimum atomic E-state index is 0.164. The normalized spacial score (nSPS) is 22.5. The zero-order valence-electron chi connectivity index (χ0n) is 19.2. The number of hydrogen-bond acceptors (Lipinski definition) is 5. The van der Waals surface area contributed by atoms with Gasteiger partial charge in [-0.05, 0) is 54.2 Å². The van der Waals surface area contributed by atoms with Gasteiger partial charge >= 0.3 is 0 Å². The molecule has 3 aromatic rings. The lowest BCUT2D eigenvalue weighted by Crippen LogP contribution is -2.48. The van der Waals surface area contributed by atoms with Crippen LogP contribution in [0.3, 0.4) is 0 Å². The van der Waals surface area contributed by atoms with Gasteiger partial charge in [0.05, 0.1) is 0 Å². The summed E-state index contributed by atoms with van der Waals surface area (Å²) in [5, 5.41) is 6.81. The van der Waals surface area contributed by atoms with Crippen LogP contribution in [-0.2, 0) is 4.79 Å². The summed E-state index contributed by atoms with van der Waals surface area (Å²) in [4.78, 5) is 27.2. The summed E-state index contributed by atoms with van der Waals surface area (Å²) in [5.74, 6) is 0.949. The first-order chi connectivity index (χ1) is 16.2. The van der Waals surface area contributed by atoms with E-state index in [0.717, 1.165) is 74.0 Å². The van der Waals surface area contributed by atoms with Gasteiger partial charge in [0.25, 0.3) is 0 Å². The van der Waals surface area contributed by atoms with Crippen molar-refractivity contribution < 1.29 is 4.79 Å². The molecule has 2 aliphatic rings. The van der Waals surface area contributed by atoms with E-state index in [4.69, 9.17) is 5.73 Å². The molecule has 172 valence electrons. The lowest BCUT2D eigenvalue weighted by atomic mass is 9.78. The van der Waals surface area contributed by atoms with Crippen molar-refractivity contribution in [3.63, 3.8) is 0 Å². The van der Waals surface area contributed by atoms with Gasteiger partial charge in [0, 0.05) is 80.3 Å². The Hall–Kier alpha value is -3.19. The van der Waals surface area contributed by atoms with Crippen molar-refractivity contribution >= 4 is 39.5 Å². The van der Waals surface area contributed by atoms with Gasteiger partial charge in [-0.25, -0.2) is 4.98 Å². The van der Waals surface area contributed by atoms with Crippen LogP contribution < -0.4 is 11.1 Å². The molecule has 1 aliphatic carbocycles. The van der Waals surface area contributed by atoms with Crippen LogP contribution in [0.1, 0.15) is 42.7 Å². The first-order valence-corrected chi connectivity index (χ1v) is 11.9. The standard InChI is InChI=1S/C26H32N6O/c1-28-14-21(13-27)19-6-7-20-15-30-25-24(22(20)12-19)23(16-31-25)17-2-4-18(5-3-17)26(33)32-10-8-29-9-11-32/h6-7,12-18,29H,2-5,8-11,27H2,1H3,(H,30,31)/b21-13+,28-14?. The third-order valence-electron chi connectivity index (χ3n) is 7.27. The molecule has 2 aromatic heterocycles. The van der Waals surface area contributed by atoms with Gasteiger partial charge in [-0.15, -0.1) is 0 Å². The zero-order valence-corrected chi connectivity index (χ0v) is 19.2. The van der Waals surface area contributed by atoms with E-state index in [-0.39, 0.29) is 5.92 Å². The molecule has 0 radical (unpaired) electrons. The molecule has 0 spiro atoms. The van der Waals surface area contributed by atoms with Gasteiger partial charge in [-0.1, -0.05) is 12.1 Å². The summed E-state index contributed by atoms with van der Waals surface area (Å²) in [6.07, 6.45) is 11.4. The van der Waals surface area contributed by atoms with Gasteiger partial charge in [0.1, 0.15) is 5.65 Å². The molecule has 2 fully saturated rings. The van der Waals surface area contributed by atoms with Crippen molar-refractivity contribution in [2.75, 3.05) is 33.2 Å². The van der Waals surface area contributed by atoms with Crippen LogP contribution in [0.4, 0.5) is 0 Å². The number of allylic oxidation sites excluding steroid dienone is 1. The van der Waals surface area contributed by atoms with Crippen LogP contribution in [0.2, 0.25) is 0 Å². The van der Waals surface area contributed by atoms with Crippen LogP contribution in [0.15, 0.2) is 41.8 Å². The van der Waals surface area contributed by atoms with Crippen molar-refractivity contribution in [1.29, 1.82) is 0 Å². The Bertz CT molecular complexity index is 1210. The van der Waals surface area contributed by atoms with E-state index in [2.05, 4.69) is 44.7 Å². The van der Waals surface area contributed by atoms with Crippen molar-refractivity contribution in [2.45, 2.75) is 31.6 Å². The summed E-state index contributed by atoms with van der Waals surface area (Å²) in [5.41, 5.74) is 10.0. The molecular formula is C26H32N6O. The number of carbonyl (C=O) groups excluding carboxylic acids is 1. The first kappa shape index (κ1) is 21.6. The van der Waals surface area contributed by atoms with Crippen molar-refractivity contribution in [3.05, 3.63) is 47.9 Å². The zero-order chi connectivity index (χ0) is 22.8. The van der Waals surface area contributed by atoms with Crippen LogP contribution in [0.5, 0.6) is 0 Å². The van der Waals surface area contributed by atoms with E-state index in [1.165, 1.54) is 16.3 Å². The lowest BCUT2D eigenvalue weighted by Gasteiger charge is -2.34. The number of nitrogens with two attached hydrogens (primary N) is 1. The number of hydrogen-bond donors (Lipinski definition) is 3. The van der Waals surface area contributed by atoms with Crippen molar-refractivity contribution in [1.82, 2.24) is 20.2 Å². The number of benzene rings is 1. The molecule has 1 aromatic carbocycles. The average Bonchev–Trinajstić information content (AvgIpc) is 3.32. The fourth-order valence-electron chi connectivity index (χ4n) is 5.48. The Morgan fingerprint density at radius 2 is 2.00 bits per heavy atom. The number of fused-ring (bicyclic) bond motifs is 3. The first-order valence-electron chi connectivity index (χ1n) is 11.9. The fraction of sp³-hybridized carbons (Fsp3) is 0.423.